The van der Waals surface area contributed by atoms with Gasteiger partial charge in [-0.05, 0) is 44.4 Å². The fourth-order valence-electron chi connectivity index (χ4n) is 2.74. The van der Waals surface area contributed by atoms with E-state index in [2.05, 4.69) is 17.4 Å². The van der Waals surface area contributed by atoms with Crippen LogP contribution in [0.2, 0.25) is 0 Å². The van der Waals surface area contributed by atoms with Crippen molar-refractivity contribution in [3.8, 4) is 5.75 Å². The minimum absolute atomic E-state index is 0.514. The van der Waals surface area contributed by atoms with E-state index in [1.165, 1.54) is 25.7 Å². The second-order valence-electron chi connectivity index (χ2n) is 4.99. The minimum atomic E-state index is 0.514. The van der Waals surface area contributed by atoms with Crippen molar-refractivity contribution >= 4 is 5.69 Å². The Balaban J connectivity index is 2.00. The first-order valence-electron chi connectivity index (χ1n) is 7.03. The van der Waals surface area contributed by atoms with Crippen LogP contribution in [0.4, 0.5) is 5.69 Å². The molecule has 2 atom stereocenters. The van der Waals surface area contributed by atoms with Crippen molar-refractivity contribution in [2.24, 2.45) is 11.7 Å². The molecule has 1 saturated carbocycles. The summed E-state index contributed by atoms with van der Waals surface area (Å²) >= 11 is 0. The van der Waals surface area contributed by atoms with Crippen LogP contribution in [0.3, 0.4) is 0 Å². The van der Waals surface area contributed by atoms with Crippen molar-refractivity contribution < 1.29 is 4.74 Å². The van der Waals surface area contributed by atoms with E-state index in [1.807, 2.05) is 19.1 Å². The Morgan fingerprint density at radius 2 is 2.17 bits per heavy atom. The molecule has 1 aliphatic rings. The first-order valence-corrected chi connectivity index (χ1v) is 7.03. The summed E-state index contributed by atoms with van der Waals surface area (Å²) in [4.78, 5) is 0. The maximum absolute atomic E-state index is 5.86. The van der Waals surface area contributed by atoms with Crippen LogP contribution in [0.1, 0.15) is 32.6 Å². The predicted octanol–water partition coefficient (Wildman–Crippen LogP) is 3.01. The molecule has 1 aliphatic carbocycles. The lowest BCUT2D eigenvalue weighted by molar-refractivity contribution is 0.331. The number of rotatable bonds is 5. The zero-order valence-corrected chi connectivity index (χ0v) is 11.2. The lowest BCUT2D eigenvalue weighted by Crippen LogP contribution is -2.36. The molecular formula is C15H24N2O. The quantitative estimate of drug-likeness (QED) is 0.842. The van der Waals surface area contributed by atoms with Crippen LogP contribution in [0.25, 0.3) is 0 Å². The largest absolute Gasteiger partial charge is 0.494 e. The summed E-state index contributed by atoms with van der Waals surface area (Å²) in [6.07, 6.45) is 5.10. The van der Waals surface area contributed by atoms with Crippen molar-refractivity contribution in [3.05, 3.63) is 24.3 Å². The SMILES string of the molecule is CCOc1cccc(NC2CCCCC2CN)c1. The first-order chi connectivity index (χ1) is 8.83. The van der Waals surface area contributed by atoms with Gasteiger partial charge in [0, 0.05) is 17.8 Å². The van der Waals surface area contributed by atoms with E-state index in [0.717, 1.165) is 18.0 Å². The Morgan fingerprint density at radius 3 is 2.94 bits per heavy atom. The molecule has 0 aliphatic heterocycles. The summed E-state index contributed by atoms with van der Waals surface area (Å²) in [5.41, 5.74) is 7.00. The molecule has 0 heterocycles. The Morgan fingerprint density at radius 1 is 1.33 bits per heavy atom. The molecule has 3 N–H and O–H groups in total. The van der Waals surface area contributed by atoms with Crippen LogP contribution in [0.5, 0.6) is 5.75 Å². The van der Waals surface area contributed by atoms with Gasteiger partial charge in [-0.2, -0.15) is 0 Å². The molecule has 0 radical (unpaired) electrons. The fourth-order valence-corrected chi connectivity index (χ4v) is 2.74. The second kappa shape index (κ2) is 6.64. The molecule has 0 saturated heterocycles. The molecule has 3 heteroatoms. The molecule has 3 nitrogen and oxygen atoms in total. The molecule has 18 heavy (non-hydrogen) atoms. The van der Waals surface area contributed by atoms with Crippen LogP contribution >= 0.6 is 0 Å². The van der Waals surface area contributed by atoms with Gasteiger partial charge >= 0.3 is 0 Å². The summed E-state index contributed by atoms with van der Waals surface area (Å²) in [5, 5.41) is 3.62. The fraction of sp³-hybridized carbons (Fsp3) is 0.600. The van der Waals surface area contributed by atoms with E-state index in [0.29, 0.717) is 18.6 Å². The summed E-state index contributed by atoms with van der Waals surface area (Å²) in [7, 11) is 0. The maximum atomic E-state index is 5.86. The molecular weight excluding hydrogens is 224 g/mol. The highest BCUT2D eigenvalue weighted by molar-refractivity contribution is 5.49. The average Bonchev–Trinajstić information content (AvgIpc) is 2.40. The molecule has 0 spiro atoms. The number of ether oxygens (including phenoxy) is 1. The maximum Gasteiger partial charge on any atom is 0.121 e. The standard InChI is InChI=1S/C15H24N2O/c1-2-18-14-8-5-7-13(10-14)17-15-9-4-3-6-12(15)11-16/h5,7-8,10,12,15,17H,2-4,6,9,11,16H2,1H3. The van der Waals surface area contributed by atoms with Crippen molar-refractivity contribution in [3.63, 3.8) is 0 Å². The van der Waals surface area contributed by atoms with Gasteiger partial charge in [0.05, 0.1) is 6.61 Å². The van der Waals surface area contributed by atoms with Gasteiger partial charge in [-0.15, -0.1) is 0 Å². The molecule has 1 aromatic rings. The van der Waals surface area contributed by atoms with Gasteiger partial charge in [-0.1, -0.05) is 18.9 Å². The minimum Gasteiger partial charge on any atom is -0.494 e. The molecule has 1 fully saturated rings. The van der Waals surface area contributed by atoms with Crippen LogP contribution < -0.4 is 15.8 Å². The smallest absolute Gasteiger partial charge is 0.121 e. The second-order valence-corrected chi connectivity index (χ2v) is 4.99. The summed E-state index contributed by atoms with van der Waals surface area (Å²) < 4.78 is 5.52. The van der Waals surface area contributed by atoms with E-state index < -0.39 is 0 Å². The highest BCUT2D eigenvalue weighted by atomic mass is 16.5. The van der Waals surface area contributed by atoms with E-state index in [4.69, 9.17) is 10.5 Å². The molecule has 1 aromatic carbocycles. The number of nitrogens with one attached hydrogen (secondary N) is 1. The Hall–Kier alpha value is -1.22. The molecule has 100 valence electrons. The predicted molar refractivity (Wildman–Crippen MR) is 76.0 cm³/mol. The Bertz CT molecular complexity index is 367. The van der Waals surface area contributed by atoms with Crippen molar-refractivity contribution in [2.75, 3.05) is 18.5 Å². The summed E-state index contributed by atoms with van der Waals surface area (Å²) in [5.74, 6) is 1.54. The van der Waals surface area contributed by atoms with Gasteiger partial charge in [-0.3, -0.25) is 0 Å². The highest BCUT2D eigenvalue weighted by Crippen LogP contribution is 2.27. The zero-order valence-electron chi connectivity index (χ0n) is 11.2. The zero-order chi connectivity index (χ0) is 12.8. The van der Waals surface area contributed by atoms with Gasteiger partial charge in [0.2, 0.25) is 0 Å². The van der Waals surface area contributed by atoms with Gasteiger partial charge in [-0.25, -0.2) is 0 Å². The highest BCUT2D eigenvalue weighted by Gasteiger charge is 2.23. The Kier molecular flexibility index (Phi) is 4.88. The van der Waals surface area contributed by atoms with Crippen LogP contribution in [0.15, 0.2) is 24.3 Å². The summed E-state index contributed by atoms with van der Waals surface area (Å²) in [6.45, 7) is 3.49. The molecule has 0 amide bonds. The third-order valence-corrected chi connectivity index (χ3v) is 3.71. The third kappa shape index (κ3) is 3.39. The molecule has 2 unspecified atom stereocenters. The number of hydrogen-bond acceptors (Lipinski definition) is 3. The summed E-state index contributed by atoms with van der Waals surface area (Å²) in [6, 6.07) is 8.72. The van der Waals surface area contributed by atoms with Gasteiger partial charge < -0.3 is 15.8 Å². The van der Waals surface area contributed by atoms with Crippen molar-refractivity contribution in [1.82, 2.24) is 0 Å². The number of benzene rings is 1. The van der Waals surface area contributed by atoms with E-state index in [1.54, 1.807) is 0 Å². The van der Waals surface area contributed by atoms with Gasteiger partial charge in [0.1, 0.15) is 5.75 Å². The Labute approximate surface area is 110 Å². The van der Waals surface area contributed by atoms with Crippen LogP contribution in [-0.4, -0.2) is 19.2 Å². The normalized spacial score (nSPS) is 23.7. The monoisotopic (exact) mass is 248 g/mol. The number of anilines is 1. The lowest BCUT2D eigenvalue weighted by atomic mass is 9.84. The van der Waals surface area contributed by atoms with E-state index in [-0.39, 0.29) is 0 Å². The third-order valence-electron chi connectivity index (χ3n) is 3.71. The first kappa shape index (κ1) is 13.2. The van der Waals surface area contributed by atoms with Crippen LogP contribution in [-0.2, 0) is 0 Å². The van der Waals surface area contributed by atoms with E-state index >= 15 is 0 Å². The molecule has 0 aromatic heterocycles. The number of hydrogen-bond donors (Lipinski definition) is 2. The van der Waals surface area contributed by atoms with Crippen LogP contribution in [0, 0.1) is 5.92 Å². The van der Waals surface area contributed by atoms with E-state index in [9.17, 15) is 0 Å². The number of nitrogens with two attached hydrogens (primary N) is 1. The molecule has 0 bridgehead atoms. The van der Waals surface area contributed by atoms with Crippen molar-refractivity contribution in [2.45, 2.75) is 38.6 Å². The molecule has 2 rings (SSSR count). The van der Waals surface area contributed by atoms with Gasteiger partial charge in [0.15, 0.2) is 0 Å². The van der Waals surface area contributed by atoms with Gasteiger partial charge in [0.25, 0.3) is 0 Å². The topological polar surface area (TPSA) is 47.3 Å². The average molecular weight is 248 g/mol. The van der Waals surface area contributed by atoms with Crippen molar-refractivity contribution in [1.29, 1.82) is 0 Å². The lowest BCUT2D eigenvalue weighted by Gasteiger charge is -2.32.